The molecule has 0 aromatic heterocycles. The number of carbonyl (C=O) groups is 1. The van der Waals surface area contributed by atoms with Crippen molar-refractivity contribution in [2.45, 2.75) is 6.23 Å². The average molecular weight is 352 g/mol. The summed E-state index contributed by atoms with van der Waals surface area (Å²) in [5.41, 5.74) is 3.21. The highest BCUT2D eigenvalue weighted by atomic mass is 16.3. The number of aliphatic hydroxyl groups excluding tert-OH is 2. The van der Waals surface area contributed by atoms with Crippen molar-refractivity contribution in [1.29, 1.82) is 0 Å². The third-order valence-corrected chi connectivity index (χ3v) is 3.90. The molecule has 0 bridgehead atoms. The van der Waals surface area contributed by atoms with Gasteiger partial charge in [-0.3, -0.25) is 4.79 Å². The lowest BCUT2D eigenvalue weighted by molar-refractivity contribution is 0.104. The molecule has 0 aliphatic heterocycles. The van der Waals surface area contributed by atoms with Crippen LogP contribution >= 0.6 is 0 Å². The lowest BCUT2D eigenvalue weighted by Gasteiger charge is -2.17. The summed E-state index contributed by atoms with van der Waals surface area (Å²) in [6.45, 7) is 4.17. The molecule has 0 aliphatic rings. The number of aliphatic hydroxyl groups is 2. The summed E-state index contributed by atoms with van der Waals surface area (Å²) in [7, 11) is 1.91. The highest BCUT2D eigenvalue weighted by Gasteiger charge is 2.04. The third kappa shape index (κ3) is 5.58. The van der Waals surface area contributed by atoms with Crippen LogP contribution in [0.3, 0.4) is 0 Å². The predicted octanol–water partition coefficient (Wildman–Crippen LogP) is 2.93. The summed E-state index contributed by atoms with van der Waals surface area (Å²) in [6.07, 6.45) is 3.87. The normalized spacial score (nSPS) is 12.0. The molecule has 26 heavy (non-hydrogen) atoms. The van der Waals surface area contributed by atoms with Gasteiger partial charge in [0.1, 0.15) is 6.23 Å². The Bertz CT molecular complexity index is 752. The van der Waals surface area contributed by atoms with Gasteiger partial charge in [0.05, 0.1) is 6.61 Å². The highest BCUT2D eigenvalue weighted by Crippen LogP contribution is 2.15. The molecule has 136 valence electrons. The van der Waals surface area contributed by atoms with Crippen LogP contribution < -0.4 is 10.2 Å². The van der Waals surface area contributed by atoms with Crippen LogP contribution in [0.25, 0.3) is 6.08 Å². The largest absolute Gasteiger partial charge is 0.395 e. The zero-order valence-electron chi connectivity index (χ0n) is 14.8. The Kier molecular flexibility index (Phi) is 7.14. The van der Waals surface area contributed by atoms with Crippen LogP contribution in [0.15, 0.2) is 67.3 Å². The van der Waals surface area contributed by atoms with Crippen molar-refractivity contribution in [2.24, 2.45) is 0 Å². The summed E-state index contributed by atoms with van der Waals surface area (Å²) in [6, 6.07) is 14.6. The minimum Gasteiger partial charge on any atom is -0.395 e. The first kappa shape index (κ1) is 19.4. The fourth-order valence-electron chi connectivity index (χ4n) is 2.35. The minimum atomic E-state index is -0.823. The first-order valence-corrected chi connectivity index (χ1v) is 8.35. The molecule has 0 spiro atoms. The van der Waals surface area contributed by atoms with Crippen molar-refractivity contribution >= 4 is 23.2 Å². The topological polar surface area (TPSA) is 72.8 Å². The van der Waals surface area contributed by atoms with E-state index < -0.39 is 6.23 Å². The number of anilines is 2. The van der Waals surface area contributed by atoms with Gasteiger partial charge in [-0.15, -0.1) is 0 Å². The van der Waals surface area contributed by atoms with Crippen LogP contribution in [0.2, 0.25) is 0 Å². The van der Waals surface area contributed by atoms with Gasteiger partial charge in [0.2, 0.25) is 0 Å². The Morgan fingerprint density at radius 2 is 1.85 bits per heavy atom. The molecule has 0 saturated carbocycles. The van der Waals surface area contributed by atoms with Gasteiger partial charge in [-0.25, -0.2) is 0 Å². The predicted molar refractivity (Wildman–Crippen MR) is 106 cm³/mol. The van der Waals surface area contributed by atoms with Crippen LogP contribution in [0, 0.1) is 0 Å². The van der Waals surface area contributed by atoms with Crippen LogP contribution in [-0.2, 0) is 0 Å². The second-order valence-electron chi connectivity index (χ2n) is 5.84. The van der Waals surface area contributed by atoms with E-state index in [1.165, 1.54) is 12.2 Å². The van der Waals surface area contributed by atoms with E-state index in [0.29, 0.717) is 17.8 Å². The van der Waals surface area contributed by atoms with E-state index in [2.05, 4.69) is 11.9 Å². The van der Waals surface area contributed by atoms with E-state index in [1.807, 2.05) is 36.2 Å². The molecule has 2 rings (SSSR count). The van der Waals surface area contributed by atoms with Gasteiger partial charge in [-0.05, 0) is 54.1 Å². The lowest BCUT2D eigenvalue weighted by Crippen LogP contribution is -2.20. The third-order valence-electron chi connectivity index (χ3n) is 3.90. The van der Waals surface area contributed by atoms with Gasteiger partial charge in [0, 0.05) is 30.5 Å². The molecule has 1 unspecified atom stereocenters. The van der Waals surface area contributed by atoms with Crippen molar-refractivity contribution < 1.29 is 15.0 Å². The molecule has 3 N–H and O–H groups in total. The molecule has 0 heterocycles. The number of hydrogen-bond donors (Lipinski definition) is 3. The molecule has 1 atom stereocenters. The number of rotatable bonds is 9. The van der Waals surface area contributed by atoms with E-state index in [4.69, 9.17) is 5.11 Å². The molecular formula is C21H24N2O3. The molecule has 0 fully saturated rings. The van der Waals surface area contributed by atoms with Crippen molar-refractivity contribution in [1.82, 2.24) is 0 Å². The molecule has 5 nitrogen and oxygen atoms in total. The Morgan fingerprint density at radius 3 is 2.42 bits per heavy atom. The fourth-order valence-corrected chi connectivity index (χ4v) is 2.35. The SMILES string of the molecule is C=CC(O)Nc1ccc(C(=O)/C=C/c2ccc(N(C)CCO)cc2)cc1. The standard InChI is InChI=1S/C21H24N2O3/c1-3-21(26)22-18-9-7-17(8-10-18)20(25)13-6-16-4-11-19(12-5-16)23(2)14-15-24/h3-13,21-22,24,26H,1,14-15H2,2H3/b13-6+. The fraction of sp³-hybridized carbons (Fsp3) is 0.190. The molecule has 5 heteroatoms. The second kappa shape index (κ2) is 9.56. The molecular weight excluding hydrogens is 328 g/mol. The Labute approximate surface area is 153 Å². The number of nitrogens with one attached hydrogen (secondary N) is 1. The van der Waals surface area contributed by atoms with Gasteiger partial charge in [0.15, 0.2) is 5.78 Å². The van der Waals surface area contributed by atoms with E-state index in [1.54, 1.807) is 30.3 Å². The minimum absolute atomic E-state index is 0.0951. The second-order valence-corrected chi connectivity index (χ2v) is 5.84. The maximum Gasteiger partial charge on any atom is 0.185 e. The highest BCUT2D eigenvalue weighted by molar-refractivity contribution is 6.07. The molecule has 0 amide bonds. The van der Waals surface area contributed by atoms with Gasteiger partial charge in [-0.1, -0.05) is 24.8 Å². The molecule has 2 aromatic rings. The van der Waals surface area contributed by atoms with E-state index >= 15 is 0 Å². The number of carbonyl (C=O) groups excluding carboxylic acids is 1. The van der Waals surface area contributed by atoms with Crippen LogP contribution in [0.1, 0.15) is 15.9 Å². The van der Waals surface area contributed by atoms with E-state index in [-0.39, 0.29) is 12.4 Å². The van der Waals surface area contributed by atoms with Gasteiger partial charge < -0.3 is 20.4 Å². The summed E-state index contributed by atoms with van der Waals surface area (Å²) >= 11 is 0. The van der Waals surface area contributed by atoms with Crippen molar-refractivity contribution in [3.8, 4) is 0 Å². The average Bonchev–Trinajstić information content (AvgIpc) is 2.67. The van der Waals surface area contributed by atoms with E-state index in [0.717, 1.165) is 11.3 Å². The number of benzene rings is 2. The number of allylic oxidation sites excluding steroid dienone is 1. The maximum absolute atomic E-state index is 12.3. The first-order chi connectivity index (χ1) is 12.5. The van der Waals surface area contributed by atoms with Gasteiger partial charge in [0.25, 0.3) is 0 Å². The Balaban J connectivity index is 1.99. The van der Waals surface area contributed by atoms with Gasteiger partial charge in [-0.2, -0.15) is 0 Å². The monoisotopic (exact) mass is 352 g/mol. The number of likely N-dealkylation sites (N-methyl/N-ethyl adjacent to an activating group) is 1. The lowest BCUT2D eigenvalue weighted by atomic mass is 10.1. The number of hydrogen-bond acceptors (Lipinski definition) is 5. The molecule has 2 aromatic carbocycles. The zero-order chi connectivity index (χ0) is 18.9. The molecule has 0 saturated heterocycles. The molecule has 0 radical (unpaired) electrons. The van der Waals surface area contributed by atoms with Gasteiger partial charge >= 0.3 is 0 Å². The Hall–Kier alpha value is -2.89. The zero-order valence-corrected chi connectivity index (χ0v) is 14.8. The van der Waals surface area contributed by atoms with E-state index in [9.17, 15) is 9.90 Å². The van der Waals surface area contributed by atoms with Crippen LogP contribution in [0.4, 0.5) is 11.4 Å². The summed E-state index contributed by atoms with van der Waals surface area (Å²) in [5.74, 6) is -0.0951. The number of nitrogens with zero attached hydrogens (tertiary/aromatic N) is 1. The Morgan fingerprint density at radius 1 is 1.19 bits per heavy atom. The van der Waals surface area contributed by atoms with Crippen molar-refractivity contribution in [3.05, 3.63) is 78.4 Å². The summed E-state index contributed by atoms with van der Waals surface area (Å²) in [4.78, 5) is 14.2. The van der Waals surface area contributed by atoms with Crippen LogP contribution in [0.5, 0.6) is 0 Å². The maximum atomic E-state index is 12.3. The summed E-state index contributed by atoms with van der Waals surface area (Å²) < 4.78 is 0. The summed E-state index contributed by atoms with van der Waals surface area (Å²) in [5, 5.41) is 21.3. The van der Waals surface area contributed by atoms with Crippen molar-refractivity contribution in [3.63, 3.8) is 0 Å². The first-order valence-electron chi connectivity index (χ1n) is 8.35. The number of ketones is 1. The quantitative estimate of drug-likeness (QED) is 0.280. The molecule has 0 aliphatic carbocycles. The van der Waals surface area contributed by atoms with Crippen LogP contribution in [-0.4, -0.2) is 42.4 Å². The smallest absolute Gasteiger partial charge is 0.185 e. The van der Waals surface area contributed by atoms with Crippen molar-refractivity contribution in [2.75, 3.05) is 30.4 Å².